The molecule has 2 rings (SSSR count). The normalized spacial score (nSPS) is 12.6. The first-order valence-corrected chi connectivity index (χ1v) is 8.81. The summed E-state index contributed by atoms with van der Waals surface area (Å²) < 4.78 is 9.87. The SMILES string of the molecule is Br.COC(=O)COc1ccc(C(C)CNC[C@@H](O)c2cccc(Cl)c2)cc1. The molecule has 5 nitrogen and oxygen atoms in total. The quantitative estimate of drug-likeness (QED) is 0.558. The molecule has 0 spiro atoms. The van der Waals surface area contributed by atoms with E-state index in [2.05, 4.69) is 17.0 Å². The zero-order chi connectivity index (χ0) is 18.9. The second-order valence-corrected chi connectivity index (χ2v) is 6.50. The third kappa shape index (κ3) is 7.89. The van der Waals surface area contributed by atoms with Crippen LogP contribution in [-0.2, 0) is 9.53 Å². The molecular formula is C20H25BrClNO4. The number of carbonyl (C=O) groups is 1. The number of rotatable bonds is 9. The second kappa shape index (κ2) is 12.0. The van der Waals surface area contributed by atoms with Gasteiger partial charge in [0.05, 0.1) is 13.2 Å². The van der Waals surface area contributed by atoms with Crippen LogP contribution in [0.5, 0.6) is 5.75 Å². The Kier molecular flexibility index (Phi) is 10.4. The Labute approximate surface area is 175 Å². The van der Waals surface area contributed by atoms with Crippen LogP contribution in [0.4, 0.5) is 0 Å². The van der Waals surface area contributed by atoms with Gasteiger partial charge in [-0.2, -0.15) is 0 Å². The predicted molar refractivity (Wildman–Crippen MR) is 112 cm³/mol. The average Bonchev–Trinajstić information content (AvgIpc) is 2.66. The van der Waals surface area contributed by atoms with Gasteiger partial charge in [0.15, 0.2) is 6.61 Å². The molecule has 0 heterocycles. The molecule has 0 radical (unpaired) electrons. The van der Waals surface area contributed by atoms with Gasteiger partial charge in [0.25, 0.3) is 0 Å². The Morgan fingerprint density at radius 3 is 2.48 bits per heavy atom. The Morgan fingerprint density at radius 1 is 1.15 bits per heavy atom. The fourth-order valence-corrected chi connectivity index (χ4v) is 2.68. The Balaban J connectivity index is 0.00000364. The van der Waals surface area contributed by atoms with Gasteiger partial charge in [-0.05, 0) is 41.3 Å². The van der Waals surface area contributed by atoms with Gasteiger partial charge in [0, 0.05) is 18.1 Å². The Morgan fingerprint density at radius 2 is 1.85 bits per heavy atom. The lowest BCUT2D eigenvalue weighted by Crippen LogP contribution is -2.25. The maximum Gasteiger partial charge on any atom is 0.343 e. The van der Waals surface area contributed by atoms with Gasteiger partial charge >= 0.3 is 5.97 Å². The molecule has 2 aromatic carbocycles. The zero-order valence-corrected chi connectivity index (χ0v) is 17.8. The van der Waals surface area contributed by atoms with Gasteiger partial charge in [-0.15, -0.1) is 17.0 Å². The molecule has 0 aliphatic carbocycles. The molecule has 2 atom stereocenters. The minimum atomic E-state index is -0.602. The summed E-state index contributed by atoms with van der Waals surface area (Å²) in [6, 6.07) is 14.8. The van der Waals surface area contributed by atoms with Crippen LogP contribution in [-0.4, -0.2) is 37.9 Å². The summed E-state index contributed by atoms with van der Waals surface area (Å²) in [4.78, 5) is 11.1. The molecule has 27 heavy (non-hydrogen) atoms. The predicted octanol–water partition coefficient (Wildman–Crippen LogP) is 3.90. The average molecular weight is 459 g/mol. The molecule has 0 saturated heterocycles. The molecule has 2 aromatic rings. The minimum absolute atomic E-state index is 0. The van der Waals surface area contributed by atoms with Crippen LogP contribution in [0.1, 0.15) is 30.1 Å². The number of aliphatic hydroxyl groups is 1. The molecular weight excluding hydrogens is 434 g/mol. The van der Waals surface area contributed by atoms with Crippen LogP contribution < -0.4 is 10.1 Å². The minimum Gasteiger partial charge on any atom is -0.482 e. The largest absolute Gasteiger partial charge is 0.482 e. The topological polar surface area (TPSA) is 67.8 Å². The van der Waals surface area contributed by atoms with Crippen molar-refractivity contribution in [2.24, 2.45) is 0 Å². The summed E-state index contributed by atoms with van der Waals surface area (Å²) >= 11 is 5.95. The maximum absolute atomic E-state index is 11.1. The highest BCUT2D eigenvalue weighted by Gasteiger charge is 2.10. The van der Waals surface area contributed by atoms with Crippen molar-refractivity contribution in [3.05, 3.63) is 64.7 Å². The first-order valence-electron chi connectivity index (χ1n) is 8.43. The third-order valence-electron chi connectivity index (χ3n) is 4.06. The lowest BCUT2D eigenvalue weighted by molar-refractivity contribution is -0.142. The number of hydrogen-bond donors (Lipinski definition) is 2. The van der Waals surface area contributed by atoms with Gasteiger partial charge in [-0.1, -0.05) is 42.8 Å². The molecule has 2 N–H and O–H groups in total. The number of ether oxygens (including phenoxy) is 2. The summed E-state index contributed by atoms with van der Waals surface area (Å²) in [5.74, 6) is 0.469. The fraction of sp³-hybridized carbons (Fsp3) is 0.350. The highest BCUT2D eigenvalue weighted by Crippen LogP contribution is 2.20. The summed E-state index contributed by atoms with van der Waals surface area (Å²) in [6.45, 7) is 3.17. The van der Waals surface area contributed by atoms with Crippen LogP contribution in [0.2, 0.25) is 5.02 Å². The van der Waals surface area contributed by atoms with Gasteiger partial charge in [-0.3, -0.25) is 0 Å². The first kappa shape index (κ1) is 23.4. The van der Waals surface area contributed by atoms with E-state index in [4.69, 9.17) is 16.3 Å². The van der Waals surface area contributed by atoms with Crippen molar-refractivity contribution < 1.29 is 19.4 Å². The van der Waals surface area contributed by atoms with E-state index in [1.807, 2.05) is 36.4 Å². The van der Waals surface area contributed by atoms with Crippen LogP contribution in [0, 0.1) is 0 Å². The number of aliphatic hydroxyl groups excluding tert-OH is 1. The molecule has 0 aliphatic rings. The number of esters is 1. The van der Waals surface area contributed by atoms with Crippen LogP contribution in [0.3, 0.4) is 0 Å². The van der Waals surface area contributed by atoms with Gasteiger partial charge < -0.3 is 19.9 Å². The van der Waals surface area contributed by atoms with E-state index in [1.54, 1.807) is 12.1 Å². The molecule has 0 saturated carbocycles. The van der Waals surface area contributed by atoms with E-state index >= 15 is 0 Å². The molecule has 0 fully saturated rings. The Bertz CT molecular complexity index is 711. The van der Waals surface area contributed by atoms with E-state index < -0.39 is 12.1 Å². The molecule has 7 heteroatoms. The smallest absolute Gasteiger partial charge is 0.343 e. The molecule has 1 unspecified atom stereocenters. The van der Waals surface area contributed by atoms with Gasteiger partial charge in [0.1, 0.15) is 5.75 Å². The Hall–Kier alpha value is -1.60. The number of nitrogens with one attached hydrogen (secondary N) is 1. The van der Waals surface area contributed by atoms with E-state index in [0.29, 0.717) is 17.3 Å². The van der Waals surface area contributed by atoms with Crippen molar-refractivity contribution in [3.63, 3.8) is 0 Å². The van der Waals surface area contributed by atoms with E-state index in [9.17, 15) is 9.90 Å². The fourth-order valence-electron chi connectivity index (χ4n) is 2.48. The molecule has 0 aromatic heterocycles. The van der Waals surface area contributed by atoms with Crippen molar-refractivity contribution in [2.45, 2.75) is 18.9 Å². The first-order chi connectivity index (χ1) is 12.5. The van der Waals surface area contributed by atoms with E-state index in [1.165, 1.54) is 7.11 Å². The van der Waals surface area contributed by atoms with Crippen molar-refractivity contribution in [1.82, 2.24) is 5.32 Å². The highest BCUT2D eigenvalue weighted by molar-refractivity contribution is 8.93. The van der Waals surface area contributed by atoms with Crippen molar-refractivity contribution >= 4 is 34.6 Å². The molecule has 0 amide bonds. The van der Waals surface area contributed by atoms with Crippen LogP contribution >= 0.6 is 28.6 Å². The van der Waals surface area contributed by atoms with Crippen LogP contribution in [0.15, 0.2) is 48.5 Å². The maximum atomic E-state index is 11.1. The summed E-state index contributed by atoms with van der Waals surface area (Å²) in [6.07, 6.45) is -0.602. The third-order valence-corrected chi connectivity index (χ3v) is 4.29. The lowest BCUT2D eigenvalue weighted by atomic mass is 10.0. The van der Waals surface area contributed by atoms with Gasteiger partial charge in [-0.25, -0.2) is 4.79 Å². The van der Waals surface area contributed by atoms with Crippen molar-refractivity contribution in [1.29, 1.82) is 0 Å². The second-order valence-electron chi connectivity index (χ2n) is 6.06. The lowest BCUT2D eigenvalue weighted by Gasteiger charge is -2.16. The monoisotopic (exact) mass is 457 g/mol. The summed E-state index contributed by atoms with van der Waals surface area (Å²) in [5.41, 5.74) is 1.94. The standard InChI is InChI=1S/C20H24ClNO4.BrH/c1-14(11-22-12-19(23)16-4-3-5-17(21)10-16)15-6-8-18(9-7-15)26-13-20(24)25-2;/h3-10,14,19,22-23H,11-13H2,1-2H3;1H/t14?,19-;/m1./s1. The number of hydrogen-bond acceptors (Lipinski definition) is 5. The molecule has 148 valence electrons. The summed E-state index contributed by atoms with van der Waals surface area (Å²) in [5, 5.41) is 14.1. The molecule has 0 aliphatic heterocycles. The number of methoxy groups -OCH3 is 1. The highest BCUT2D eigenvalue weighted by atomic mass is 79.9. The van der Waals surface area contributed by atoms with Crippen molar-refractivity contribution in [2.75, 3.05) is 26.8 Å². The van der Waals surface area contributed by atoms with E-state index in [0.717, 1.165) is 17.7 Å². The van der Waals surface area contributed by atoms with Gasteiger partial charge in [0.2, 0.25) is 0 Å². The van der Waals surface area contributed by atoms with E-state index in [-0.39, 0.29) is 29.5 Å². The number of halogens is 2. The summed E-state index contributed by atoms with van der Waals surface area (Å²) in [7, 11) is 1.33. The van der Waals surface area contributed by atoms with Crippen molar-refractivity contribution in [3.8, 4) is 5.75 Å². The molecule has 0 bridgehead atoms. The van der Waals surface area contributed by atoms with Crippen LogP contribution in [0.25, 0.3) is 0 Å². The zero-order valence-electron chi connectivity index (χ0n) is 15.4. The number of benzene rings is 2. The number of carbonyl (C=O) groups excluding carboxylic acids is 1.